The van der Waals surface area contributed by atoms with Crippen LogP contribution in [0, 0.1) is 13.8 Å². The molecule has 1 aromatic heterocycles. The van der Waals surface area contributed by atoms with Crippen LogP contribution in [-0.4, -0.2) is 0 Å². The topological polar surface area (TPSA) is 26.0 Å². The van der Waals surface area contributed by atoms with Gasteiger partial charge in [0.15, 0.2) is 0 Å². The molecule has 0 unspecified atom stereocenters. The van der Waals surface area contributed by atoms with Gasteiger partial charge in [-0.3, -0.25) is 0 Å². The molecule has 2 N–H and O–H groups in total. The molecule has 94 valence electrons. The summed E-state index contributed by atoms with van der Waals surface area (Å²) in [6.07, 6.45) is 5.04. The molecule has 1 heterocycles. The van der Waals surface area contributed by atoms with Crippen LogP contribution < -0.4 is 5.73 Å². The van der Waals surface area contributed by atoms with E-state index in [4.69, 9.17) is 5.73 Å². The van der Waals surface area contributed by atoms with Crippen molar-refractivity contribution in [1.82, 2.24) is 0 Å². The SMILES string of the molecule is Cc1ccc(C)c(-c2c(N)sc3c2CCCC3)c1. The number of rotatable bonds is 1. The number of nitrogens with two attached hydrogens (primary N) is 1. The number of benzene rings is 1. The van der Waals surface area contributed by atoms with Crippen molar-refractivity contribution in [3.63, 3.8) is 0 Å². The second-order valence-electron chi connectivity index (χ2n) is 5.27. The molecule has 0 atom stereocenters. The van der Waals surface area contributed by atoms with Crippen molar-refractivity contribution in [2.45, 2.75) is 39.5 Å². The normalized spacial score (nSPS) is 14.6. The Morgan fingerprint density at radius 1 is 1.11 bits per heavy atom. The fraction of sp³-hybridized carbons (Fsp3) is 0.375. The first kappa shape index (κ1) is 11.8. The second-order valence-corrected chi connectivity index (χ2v) is 6.41. The molecular weight excluding hydrogens is 238 g/mol. The molecule has 3 rings (SSSR count). The smallest absolute Gasteiger partial charge is 0.0941 e. The van der Waals surface area contributed by atoms with Gasteiger partial charge in [-0.2, -0.15) is 0 Å². The Hall–Kier alpha value is -1.28. The lowest BCUT2D eigenvalue weighted by Crippen LogP contribution is -2.00. The van der Waals surface area contributed by atoms with Crippen LogP contribution in [0.25, 0.3) is 11.1 Å². The van der Waals surface area contributed by atoms with Gasteiger partial charge < -0.3 is 5.73 Å². The third kappa shape index (κ3) is 1.85. The van der Waals surface area contributed by atoms with E-state index >= 15 is 0 Å². The molecule has 1 aromatic carbocycles. The first-order chi connectivity index (χ1) is 8.66. The molecule has 1 aliphatic carbocycles. The van der Waals surface area contributed by atoms with Gasteiger partial charge in [-0.1, -0.05) is 23.8 Å². The van der Waals surface area contributed by atoms with Crippen molar-refractivity contribution in [2.24, 2.45) is 0 Å². The Morgan fingerprint density at radius 2 is 1.89 bits per heavy atom. The minimum Gasteiger partial charge on any atom is -0.390 e. The largest absolute Gasteiger partial charge is 0.390 e. The maximum Gasteiger partial charge on any atom is 0.0941 e. The molecule has 2 heteroatoms. The van der Waals surface area contributed by atoms with Crippen molar-refractivity contribution >= 4 is 16.3 Å². The van der Waals surface area contributed by atoms with Gasteiger partial charge in [0.2, 0.25) is 0 Å². The highest BCUT2D eigenvalue weighted by molar-refractivity contribution is 7.16. The molecule has 0 radical (unpaired) electrons. The fourth-order valence-corrected chi connectivity index (χ4v) is 4.06. The monoisotopic (exact) mass is 257 g/mol. The first-order valence-corrected chi connectivity index (χ1v) is 7.46. The van der Waals surface area contributed by atoms with Crippen LogP contribution in [0.2, 0.25) is 0 Å². The molecular formula is C16H19NS. The van der Waals surface area contributed by atoms with Crippen LogP contribution in [-0.2, 0) is 12.8 Å². The molecule has 0 fully saturated rings. The van der Waals surface area contributed by atoms with Gasteiger partial charge in [-0.05, 0) is 56.2 Å². The van der Waals surface area contributed by atoms with Crippen LogP contribution >= 0.6 is 11.3 Å². The number of anilines is 1. The average Bonchev–Trinajstić information content (AvgIpc) is 2.68. The number of hydrogen-bond donors (Lipinski definition) is 1. The van der Waals surface area contributed by atoms with Gasteiger partial charge in [0.1, 0.15) is 0 Å². The second kappa shape index (κ2) is 4.43. The molecule has 0 saturated heterocycles. The van der Waals surface area contributed by atoms with Gasteiger partial charge in [0.25, 0.3) is 0 Å². The zero-order valence-corrected chi connectivity index (χ0v) is 11.9. The summed E-state index contributed by atoms with van der Waals surface area (Å²) in [6, 6.07) is 6.66. The lowest BCUT2D eigenvalue weighted by Gasteiger charge is -2.14. The third-order valence-corrected chi connectivity index (χ3v) is 4.98. The summed E-state index contributed by atoms with van der Waals surface area (Å²) >= 11 is 1.80. The average molecular weight is 257 g/mol. The summed E-state index contributed by atoms with van der Waals surface area (Å²) in [5.41, 5.74) is 13.1. The highest BCUT2D eigenvalue weighted by Gasteiger charge is 2.21. The number of hydrogen-bond acceptors (Lipinski definition) is 2. The lowest BCUT2D eigenvalue weighted by atomic mass is 9.90. The zero-order chi connectivity index (χ0) is 12.7. The van der Waals surface area contributed by atoms with Gasteiger partial charge in [0, 0.05) is 10.4 Å². The van der Waals surface area contributed by atoms with Crippen LogP contribution in [0.5, 0.6) is 0 Å². The summed E-state index contributed by atoms with van der Waals surface area (Å²) in [5.74, 6) is 0. The third-order valence-electron chi connectivity index (χ3n) is 3.86. The minimum absolute atomic E-state index is 1.01. The highest BCUT2D eigenvalue weighted by Crippen LogP contribution is 2.43. The van der Waals surface area contributed by atoms with Crippen LogP contribution in [0.3, 0.4) is 0 Å². The maximum atomic E-state index is 6.29. The van der Waals surface area contributed by atoms with E-state index in [1.54, 1.807) is 11.3 Å². The van der Waals surface area contributed by atoms with Gasteiger partial charge in [-0.15, -0.1) is 11.3 Å². The van der Waals surface area contributed by atoms with Crippen LogP contribution in [0.1, 0.15) is 34.4 Å². The van der Waals surface area contributed by atoms with Crippen molar-refractivity contribution in [2.75, 3.05) is 5.73 Å². The molecule has 1 nitrogen and oxygen atoms in total. The summed E-state index contributed by atoms with van der Waals surface area (Å²) in [5, 5.41) is 1.01. The molecule has 0 amide bonds. The molecule has 0 saturated carbocycles. The number of fused-ring (bicyclic) bond motifs is 1. The Balaban J connectivity index is 2.22. The summed E-state index contributed by atoms with van der Waals surface area (Å²) in [7, 11) is 0. The van der Waals surface area contributed by atoms with Gasteiger partial charge in [0.05, 0.1) is 5.00 Å². The predicted octanol–water partition coefficient (Wildman–Crippen LogP) is 4.49. The van der Waals surface area contributed by atoms with Crippen molar-refractivity contribution in [3.8, 4) is 11.1 Å². The summed E-state index contributed by atoms with van der Waals surface area (Å²) < 4.78 is 0. The maximum absolute atomic E-state index is 6.29. The zero-order valence-electron chi connectivity index (χ0n) is 11.0. The molecule has 0 aliphatic heterocycles. The van der Waals surface area contributed by atoms with E-state index < -0.39 is 0 Å². The minimum atomic E-state index is 1.01. The number of aryl methyl sites for hydroxylation is 3. The van der Waals surface area contributed by atoms with Crippen LogP contribution in [0.15, 0.2) is 18.2 Å². The van der Waals surface area contributed by atoms with E-state index in [2.05, 4.69) is 32.0 Å². The number of thiophene rings is 1. The van der Waals surface area contributed by atoms with Crippen molar-refractivity contribution < 1.29 is 0 Å². The number of nitrogen functional groups attached to an aromatic ring is 1. The Morgan fingerprint density at radius 3 is 2.72 bits per heavy atom. The van der Waals surface area contributed by atoms with Gasteiger partial charge in [-0.25, -0.2) is 0 Å². The summed E-state index contributed by atoms with van der Waals surface area (Å²) in [4.78, 5) is 1.52. The molecule has 0 spiro atoms. The molecule has 2 aromatic rings. The van der Waals surface area contributed by atoms with Crippen molar-refractivity contribution in [3.05, 3.63) is 39.8 Å². The van der Waals surface area contributed by atoms with Gasteiger partial charge >= 0.3 is 0 Å². The van der Waals surface area contributed by atoms with E-state index in [9.17, 15) is 0 Å². The fourth-order valence-electron chi connectivity index (χ4n) is 2.89. The Labute approximate surface area is 113 Å². The molecule has 1 aliphatic rings. The molecule has 18 heavy (non-hydrogen) atoms. The van der Waals surface area contributed by atoms with E-state index in [0.29, 0.717) is 0 Å². The van der Waals surface area contributed by atoms with E-state index in [0.717, 1.165) is 5.00 Å². The standard InChI is InChI=1S/C16H19NS/c1-10-7-8-11(2)13(9-10)15-12-5-3-4-6-14(12)18-16(15)17/h7-9H,3-6,17H2,1-2H3. The first-order valence-electron chi connectivity index (χ1n) is 6.64. The van der Waals surface area contributed by atoms with Crippen molar-refractivity contribution in [1.29, 1.82) is 0 Å². The lowest BCUT2D eigenvalue weighted by molar-refractivity contribution is 0.698. The molecule has 0 bridgehead atoms. The Kier molecular flexibility index (Phi) is 2.90. The summed E-state index contributed by atoms with van der Waals surface area (Å²) in [6.45, 7) is 4.33. The predicted molar refractivity (Wildman–Crippen MR) is 80.3 cm³/mol. The van der Waals surface area contributed by atoms with E-state index in [1.807, 2.05) is 0 Å². The highest BCUT2D eigenvalue weighted by atomic mass is 32.1. The Bertz CT molecular complexity index is 595. The van der Waals surface area contributed by atoms with E-state index in [1.165, 1.54) is 58.4 Å². The van der Waals surface area contributed by atoms with Crippen LogP contribution in [0.4, 0.5) is 5.00 Å². The quantitative estimate of drug-likeness (QED) is 0.800. The van der Waals surface area contributed by atoms with E-state index in [-0.39, 0.29) is 0 Å².